The first kappa shape index (κ1) is 17.9. The predicted octanol–water partition coefficient (Wildman–Crippen LogP) is 1.35. The number of rotatable bonds is 6. The average molecular weight is 283 g/mol. The molecule has 0 aromatic carbocycles. The zero-order chi connectivity index (χ0) is 15.9. The second kappa shape index (κ2) is 7.48. The van der Waals surface area contributed by atoms with Crippen molar-refractivity contribution in [2.75, 3.05) is 7.05 Å². The topological polar surface area (TPSA) is 111 Å². The van der Waals surface area contributed by atoms with Crippen molar-refractivity contribution in [2.24, 2.45) is 5.41 Å². The summed E-state index contributed by atoms with van der Waals surface area (Å²) in [6.07, 6.45) is -0.0522. The molecule has 3 amide bonds. The molecule has 0 spiro atoms. The van der Waals surface area contributed by atoms with Gasteiger partial charge in [0.05, 0.1) is 18.9 Å². The quantitative estimate of drug-likeness (QED) is 0.764. The summed E-state index contributed by atoms with van der Waals surface area (Å²) in [5.74, 6) is -1.52. The number of carbonyl (C=O) groups excluding carboxylic acids is 2. The van der Waals surface area contributed by atoms with Crippen LogP contribution in [0, 0.1) is 16.7 Å². The van der Waals surface area contributed by atoms with E-state index in [9.17, 15) is 14.4 Å². The molecular formula is C13H21N3O4. The third-order valence-electron chi connectivity index (χ3n) is 2.88. The fourth-order valence-corrected chi connectivity index (χ4v) is 1.63. The minimum atomic E-state index is -0.992. The van der Waals surface area contributed by atoms with Gasteiger partial charge in [0.25, 0.3) is 0 Å². The highest BCUT2D eigenvalue weighted by Gasteiger charge is 2.27. The highest BCUT2D eigenvalue weighted by Crippen LogP contribution is 2.24. The van der Waals surface area contributed by atoms with Crippen LogP contribution in [-0.4, -0.2) is 41.0 Å². The minimum absolute atomic E-state index is 0.0640. The van der Waals surface area contributed by atoms with Crippen LogP contribution in [0.5, 0.6) is 0 Å². The van der Waals surface area contributed by atoms with Crippen molar-refractivity contribution in [2.45, 2.75) is 46.1 Å². The van der Waals surface area contributed by atoms with Gasteiger partial charge in [0, 0.05) is 19.5 Å². The van der Waals surface area contributed by atoms with Gasteiger partial charge in [0.2, 0.25) is 5.91 Å². The molecule has 0 aromatic rings. The summed E-state index contributed by atoms with van der Waals surface area (Å²) < 4.78 is 0. The summed E-state index contributed by atoms with van der Waals surface area (Å²) >= 11 is 0. The number of aliphatic carboxylic acids is 1. The van der Waals surface area contributed by atoms with Crippen LogP contribution in [0.1, 0.15) is 40.0 Å². The zero-order valence-corrected chi connectivity index (χ0v) is 12.3. The van der Waals surface area contributed by atoms with Crippen molar-refractivity contribution < 1.29 is 19.5 Å². The molecular weight excluding hydrogens is 262 g/mol. The Balaban J connectivity index is 4.44. The fourth-order valence-electron chi connectivity index (χ4n) is 1.63. The molecule has 7 nitrogen and oxygen atoms in total. The molecule has 112 valence electrons. The van der Waals surface area contributed by atoms with E-state index in [0.29, 0.717) is 0 Å². The third kappa shape index (κ3) is 6.73. The maximum Gasteiger partial charge on any atom is 0.324 e. The number of nitrogens with zero attached hydrogens (tertiary/aromatic N) is 2. The molecule has 0 radical (unpaired) electrons. The highest BCUT2D eigenvalue weighted by molar-refractivity contribution is 5.94. The van der Waals surface area contributed by atoms with E-state index in [1.165, 1.54) is 11.9 Å². The fraction of sp³-hybridized carbons (Fsp3) is 0.692. The van der Waals surface area contributed by atoms with Gasteiger partial charge in [-0.1, -0.05) is 13.8 Å². The second-order valence-electron chi connectivity index (χ2n) is 5.59. The van der Waals surface area contributed by atoms with Crippen molar-refractivity contribution in [1.29, 1.82) is 5.26 Å². The van der Waals surface area contributed by atoms with Crippen LogP contribution in [0.15, 0.2) is 0 Å². The predicted molar refractivity (Wildman–Crippen MR) is 71.6 cm³/mol. The van der Waals surface area contributed by atoms with Crippen LogP contribution < -0.4 is 5.32 Å². The molecule has 20 heavy (non-hydrogen) atoms. The molecule has 0 aliphatic heterocycles. The van der Waals surface area contributed by atoms with Crippen molar-refractivity contribution in [3.63, 3.8) is 0 Å². The molecule has 0 bridgehead atoms. The maximum atomic E-state index is 11.7. The molecule has 1 unspecified atom stereocenters. The zero-order valence-electron chi connectivity index (χ0n) is 12.3. The Hall–Kier alpha value is -2.10. The minimum Gasteiger partial charge on any atom is -0.481 e. The van der Waals surface area contributed by atoms with E-state index in [1.807, 2.05) is 6.07 Å². The Morgan fingerprint density at radius 3 is 2.35 bits per heavy atom. The van der Waals surface area contributed by atoms with Crippen LogP contribution in [0.3, 0.4) is 0 Å². The number of nitriles is 1. The van der Waals surface area contributed by atoms with E-state index >= 15 is 0 Å². The highest BCUT2D eigenvalue weighted by atomic mass is 16.4. The van der Waals surface area contributed by atoms with Crippen LogP contribution in [0.4, 0.5) is 4.79 Å². The lowest BCUT2D eigenvalue weighted by Gasteiger charge is -2.25. The summed E-state index contributed by atoms with van der Waals surface area (Å²) in [4.78, 5) is 35.4. The van der Waals surface area contributed by atoms with Crippen molar-refractivity contribution in [3.8, 4) is 6.07 Å². The number of urea groups is 1. The second-order valence-corrected chi connectivity index (χ2v) is 5.59. The molecule has 7 heteroatoms. The lowest BCUT2D eigenvalue weighted by molar-refractivity contribution is -0.139. The molecule has 0 aliphatic rings. The Bertz CT molecular complexity index is 426. The molecule has 0 heterocycles. The number of carboxylic acids is 1. The first-order valence-electron chi connectivity index (χ1n) is 6.24. The van der Waals surface area contributed by atoms with Gasteiger partial charge in [-0.3, -0.25) is 14.9 Å². The van der Waals surface area contributed by atoms with Crippen molar-refractivity contribution in [3.05, 3.63) is 0 Å². The van der Waals surface area contributed by atoms with E-state index in [0.717, 1.165) is 0 Å². The molecule has 0 fully saturated rings. The monoisotopic (exact) mass is 283 g/mol. The van der Waals surface area contributed by atoms with Gasteiger partial charge >= 0.3 is 12.0 Å². The summed E-state index contributed by atoms with van der Waals surface area (Å²) in [5.41, 5.74) is -0.729. The van der Waals surface area contributed by atoms with E-state index in [4.69, 9.17) is 10.4 Å². The lowest BCUT2D eigenvalue weighted by atomic mass is 9.85. The Morgan fingerprint density at radius 2 is 1.90 bits per heavy atom. The third-order valence-corrected chi connectivity index (χ3v) is 2.88. The molecule has 0 aliphatic carbocycles. The van der Waals surface area contributed by atoms with E-state index in [1.54, 1.807) is 20.8 Å². The summed E-state index contributed by atoms with van der Waals surface area (Å²) in [6, 6.07) is 1.05. The van der Waals surface area contributed by atoms with Crippen LogP contribution >= 0.6 is 0 Å². The normalized spacial score (nSPS) is 12.2. The van der Waals surface area contributed by atoms with Gasteiger partial charge in [-0.2, -0.15) is 5.26 Å². The van der Waals surface area contributed by atoms with Gasteiger partial charge < -0.3 is 10.0 Å². The molecule has 0 rings (SSSR count). The number of hydrogen-bond acceptors (Lipinski definition) is 4. The van der Waals surface area contributed by atoms with E-state index in [2.05, 4.69) is 5.32 Å². The molecule has 0 saturated carbocycles. The Labute approximate surface area is 118 Å². The molecule has 1 atom stereocenters. The van der Waals surface area contributed by atoms with Crippen molar-refractivity contribution in [1.82, 2.24) is 10.2 Å². The standard InChI is InChI=1S/C13H21N3O4/c1-9(5-6-14)16(4)12(20)15-10(17)7-13(2,3)8-11(18)19/h9H,5,7-8H2,1-4H3,(H,18,19)(H,15,17,20). The molecule has 2 N–H and O–H groups in total. The summed E-state index contributed by atoms with van der Waals surface area (Å²) in [5, 5.41) is 19.5. The maximum absolute atomic E-state index is 11.7. The largest absolute Gasteiger partial charge is 0.481 e. The number of carboxylic acid groups (broad SMARTS) is 1. The molecule has 0 aromatic heterocycles. The Kier molecular flexibility index (Phi) is 6.69. The number of amides is 3. The molecule has 0 saturated heterocycles. The lowest BCUT2D eigenvalue weighted by Crippen LogP contribution is -2.45. The van der Waals surface area contributed by atoms with Gasteiger partial charge in [0.15, 0.2) is 0 Å². The van der Waals surface area contributed by atoms with E-state index in [-0.39, 0.29) is 25.3 Å². The first-order valence-corrected chi connectivity index (χ1v) is 6.24. The number of imide groups is 1. The number of nitrogens with one attached hydrogen (secondary N) is 1. The van der Waals surface area contributed by atoms with Crippen LogP contribution in [-0.2, 0) is 9.59 Å². The van der Waals surface area contributed by atoms with Gasteiger partial charge in [0.1, 0.15) is 0 Å². The van der Waals surface area contributed by atoms with Crippen LogP contribution in [0.25, 0.3) is 0 Å². The van der Waals surface area contributed by atoms with Gasteiger partial charge in [-0.25, -0.2) is 4.79 Å². The number of carbonyl (C=O) groups is 3. The van der Waals surface area contributed by atoms with E-state index < -0.39 is 23.3 Å². The summed E-state index contributed by atoms with van der Waals surface area (Å²) in [7, 11) is 1.49. The average Bonchev–Trinajstić information content (AvgIpc) is 2.24. The SMILES string of the molecule is CC(CC#N)N(C)C(=O)NC(=O)CC(C)(C)CC(=O)O. The Morgan fingerprint density at radius 1 is 1.35 bits per heavy atom. The first-order chi connectivity index (χ1) is 9.09. The smallest absolute Gasteiger partial charge is 0.324 e. The number of hydrogen-bond donors (Lipinski definition) is 2. The van der Waals surface area contributed by atoms with Gasteiger partial charge in [-0.15, -0.1) is 0 Å². The summed E-state index contributed by atoms with van der Waals surface area (Å²) in [6.45, 7) is 4.99. The van der Waals surface area contributed by atoms with Crippen LogP contribution in [0.2, 0.25) is 0 Å². The van der Waals surface area contributed by atoms with Crippen molar-refractivity contribution >= 4 is 17.9 Å². The van der Waals surface area contributed by atoms with Gasteiger partial charge in [-0.05, 0) is 12.3 Å².